The van der Waals surface area contributed by atoms with E-state index in [0.29, 0.717) is 23.7 Å². The van der Waals surface area contributed by atoms with Crippen molar-refractivity contribution in [1.82, 2.24) is 19.6 Å². The quantitative estimate of drug-likeness (QED) is 0.913. The summed E-state index contributed by atoms with van der Waals surface area (Å²) >= 11 is 0. The molecule has 2 saturated heterocycles. The van der Waals surface area contributed by atoms with E-state index in [4.69, 9.17) is 0 Å². The van der Waals surface area contributed by atoms with Gasteiger partial charge in [-0.1, -0.05) is 0 Å². The van der Waals surface area contributed by atoms with Crippen molar-refractivity contribution in [2.24, 2.45) is 0 Å². The molecule has 5 heteroatoms. The lowest BCUT2D eigenvalue weighted by Gasteiger charge is -2.36. The SMILES string of the molecule is CN1C2CCC1CC(NC(=O)c1cccn3ccnc13)C2. The number of aromatic nitrogens is 2. The highest BCUT2D eigenvalue weighted by atomic mass is 16.1. The summed E-state index contributed by atoms with van der Waals surface area (Å²) in [6.45, 7) is 0. The lowest BCUT2D eigenvalue weighted by Crippen LogP contribution is -2.48. The maximum absolute atomic E-state index is 12.6. The number of rotatable bonds is 2. The number of hydrogen-bond donors (Lipinski definition) is 1. The van der Waals surface area contributed by atoms with Gasteiger partial charge in [0, 0.05) is 36.7 Å². The fourth-order valence-corrected chi connectivity index (χ4v) is 3.92. The highest BCUT2D eigenvalue weighted by Gasteiger charge is 2.38. The van der Waals surface area contributed by atoms with Gasteiger partial charge < -0.3 is 14.6 Å². The lowest BCUT2D eigenvalue weighted by atomic mass is 9.97. The summed E-state index contributed by atoms with van der Waals surface area (Å²) in [4.78, 5) is 19.3. The number of amides is 1. The topological polar surface area (TPSA) is 49.6 Å². The summed E-state index contributed by atoms with van der Waals surface area (Å²) in [6.07, 6.45) is 10.2. The monoisotopic (exact) mass is 284 g/mol. The van der Waals surface area contributed by atoms with Crippen molar-refractivity contribution < 1.29 is 4.79 Å². The number of hydrogen-bond acceptors (Lipinski definition) is 3. The number of nitrogens with one attached hydrogen (secondary N) is 1. The third-order valence-corrected chi connectivity index (χ3v) is 5.10. The van der Waals surface area contributed by atoms with E-state index in [0.717, 1.165) is 18.5 Å². The Kier molecular flexibility index (Phi) is 2.96. The molecule has 0 saturated carbocycles. The van der Waals surface area contributed by atoms with Crippen LogP contribution >= 0.6 is 0 Å². The van der Waals surface area contributed by atoms with Crippen LogP contribution < -0.4 is 5.32 Å². The standard InChI is InChI=1S/C16H20N4O/c1-19-12-4-5-13(19)10-11(9-12)18-16(21)14-3-2-7-20-8-6-17-15(14)20/h2-3,6-8,11-13H,4-5,9-10H2,1H3,(H,18,21). The average molecular weight is 284 g/mol. The van der Waals surface area contributed by atoms with Crippen molar-refractivity contribution in [3.05, 3.63) is 36.3 Å². The van der Waals surface area contributed by atoms with Gasteiger partial charge in [-0.3, -0.25) is 4.79 Å². The molecule has 2 atom stereocenters. The zero-order valence-corrected chi connectivity index (χ0v) is 12.2. The molecule has 2 aliphatic rings. The van der Waals surface area contributed by atoms with E-state index < -0.39 is 0 Å². The molecule has 1 amide bonds. The molecule has 0 aromatic carbocycles. The van der Waals surface area contributed by atoms with E-state index in [1.54, 1.807) is 6.20 Å². The number of carbonyl (C=O) groups excluding carboxylic acids is 1. The Bertz CT molecular complexity index is 666. The van der Waals surface area contributed by atoms with Crippen LogP contribution in [0.1, 0.15) is 36.0 Å². The van der Waals surface area contributed by atoms with E-state index in [9.17, 15) is 4.79 Å². The van der Waals surface area contributed by atoms with Crippen LogP contribution in [-0.2, 0) is 0 Å². The minimum Gasteiger partial charge on any atom is -0.349 e. The van der Waals surface area contributed by atoms with E-state index >= 15 is 0 Å². The molecule has 0 spiro atoms. The third kappa shape index (κ3) is 2.12. The first kappa shape index (κ1) is 12.8. The Morgan fingerprint density at radius 2 is 2.05 bits per heavy atom. The number of pyridine rings is 1. The fourth-order valence-electron chi connectivity index (χ4n) is 3.92. The zero-order chi connectivity index (χ0) is 14.4. The number of fused-ring (bicyclic) bond motifs is 3. The van der Waals surface area contributed by atoms with Gasteiger partial charge in [0.25, 0.3) is 5.91 Å². The van der Waals surface area contributed by atoms with Gasteiger partial charge in [-0.25, -0.2) is 4.98 Å². The maximum atomic E-state index is 12.6. The van der Waals surface area contributed by atoms with Crippen LogP contribution in [0.5, 0.6) is 0 Å². The molecule has 110 valence electrons. The Hall–Kier alpha value is -1.88. The third-order valence-electron chi connectivity index (χ3n) is 5.10. The molecule has 2 aromatic heterocycles. The van der Waals surface area contributed by atoms with E-state index in [-0.39, 0.29) is 5.91 Å². The van der Waals surface area contributed by atoms with Crippen LogP contribution in [0.3, 0.4) is 0 Å². The van der Waals surface area contributed by atoms with Gasteiger partial charge in [0.05, 0.1) is 5.56 Å². The minimum absolute atomic E-state index is 0.000697. The van der Waals surface area contributed by atoms with Crippen molar-refractivity contribution in [2.75, 3.05) is 7.05 Å². The van der Waals surface area contributed by atoms with Gasteiger partial charge in [-0.2, -0.15) is 0 Å². The van der Waals surface area contributed by atoms with Gasteiger partial charge in [0.1, 0.15) is 5.65 Å². The predicted molar refractivity (Wildman–Crippen MR) is 80.3 cm³/mol. The second-order valence-corrected chi connectivity index (χ2v) is 6.27. The van der Waals surface area contributed by atoms with Crippen LogP contribution in [0.2, 0.25) is 0 Å². The second kappa shape index (κ2) is 4.84. The van der Waals surface area contributed by atoms with Crippen molar-refractivity contribution in [3.8, 4) is 0 Å². The van der Waals surface area contributed by atoms with Crippen molar-refractivity contribution in [3.63, 3.8) is 0 Å². The fraction of sp³-hybridized carbons (Fsp3) is 0.500. The molecule has 5 nitrogen and oxygen atoms in total. The average Bonchev–Trinajstić information content (AvgIpc) is 3.01. The molecule has 4 heterocycles. The summed E-state index contributed by atoms with van der Waals surface area (Å²) in [7, 11) is 2.21. The highest BCUT2D eigenvalue weighted by molar-refractivity contribution is 5.99. The van der Waals surface area contributed by atoms with Crippen molar-refractivity contribution in [1.29, 1.82) is 0 Å². The molecule has 2 bridgehead atoms. The van der Waals surface area contributed by atoms with Gasteiger partial charge in [-0.15, -0.1) is 0 Å². The normalized spacial score (nSPS) is 28.9. The van der Waals surface area contributed by atoms with Gasteiger partial charge in [-0.05, 0) is 44.9 Å². The Labute approximate surface area is 124 Å². The molecule has 2 aromatic rings. The van der Waals surface area contributed by atoms with Crippen LogP contribution in [0.15, 0.2) is 30.7 Å². The Morgan fingerprint density at radius 1 is 1.29 bits per heavy atom. The molecular formula is C16H20N4O. The number of imidazole rings is 1. The van der Waals surface area contributed by atoms with E-state index in [1.165, 1.54) is 12.8 Å². The predicted octanol–water partition coefficient (Wildman–Crippen LogP) is 1.69. The van der Waals surface area contributed by atoms with Gasteiger partial charge in [0.15, 0.2) is 0 Å². The molecule has 2 fully saturated rings. The first-order chi connectivity index (χ1) is 10.2. The summed E-state index contributed by atoms with van der Waals surface area (Å²) in [5, 5.41) is 3.22. The molecule has 0 aliphatic carbocycles. The molecule has 21 heavy (non-hydrogen) atoms. The molecule has 2 aliphatic heterocycles. The number of carbonyl (C=O) groups is 1. The van der Waals surface area contributed by atoms with Crippen LogP contribution in [0.25, 0.3) is 5.65 Å². The lowest BCUT2D eigenvalue weighted by molar-refractivity contribution is 0.0883. The van der Waals surface area contributed by atoms with E-state index in [1.807, 2.05) is 28.9 Å². The smallest absolute Gasteiger partial charge is 0.255 e. The van der Waals surface area contributed by atoms with Crippen molar-refractivity contribution >= 4 is 11.6 Å². The zero-order valence-electron chi connectivity index (χ0n) is 12.2. The Balaban J connectivity index is 1.53. The molecular weight excluding hydrogens is 264 g/mol. The van der Waals surface area contributed by atoms with Crippen molar-refractivity contribution in [2.45, 2.75) is 43.8 Å². The molecule has 0 radical (unpaired) electrons. The van der Waals surface area contributed by atoms with Gasteiger partial charge in [0.2, 0.25) is 0 Å². The first-order valence-corrected chi connectivity index (χ1v) is 7.67. The number of nitrogens with zero attached hydrogens (tertiary/aromatic N) is 3. The highest BCUT2D eigenvalue weighted by Crippen LogP contribution is 2.34. The largest absolute Gasteiger partial charge is 0.349 e. The minimum atomic E-state index is 0.000697. The second-order valence-electron chi connectivity index (χ2n) is 6.27. The molecule has 4 rings (SSSR count). The Morgan fingerprint density at radius 3 is 2.81 bits per heavy atom. The molecule has 1 N–H and O–H groups in total. The van der Waals surface area contributed by atoms with Gasteiger partial charge >= 0.3 is 0 Å². The summed E-state index contributed by atoms with van der Waals surface area (Å²) < 4.78 is 1.88. The number of piperidine rings is 1. The molecule has 2 unspecified atom stereocenters. The van der Waals surface area contributed by atoms with E-state index in [2.05, 4.69) is 22.2 Å². The van der Waals surface area contributed by atoms with Crippen LogP contribution in [0, 0.1) is 0 Å². The van der Waals surface area contributed by atoms with Crippen LogP contribution in [-0.4, -0.2) is 45.4 Å². The first-order valence-electron chi connectivity index (χ1n) is 7.67. The van der Waals surface area contributed by atoms with Crippen LogP contribution in [0.4, 0.5) is 0 Å². The summed E-state index contributed by atoms with van der Waals surface area (Å²) in [5.74, 6) is 0.000697. The summed E-state index contributed by atoms with van der Waals surface area (Å²) in [6, 6.07) is 5.30. The maximum Gasteiger partial charge on any atom is 0.255 e. The summed E-state index contributed by atoms with van der Waals surface area (Å²) in [5.41, 5.74) is 1.39.